The topological polar surface area (TPSA) is 77.5 Å². The normalized spacial score (nSPS) is 20.7. The van der Waals surface area contributed by atoms with Crippen molar-refractivity contribution in [3.8, 4) is 17.0 Å². The van der Waals surface area contributed by atoms with Gasteiger partial charge in [0.05, 0.1) is 24.2 Å². The number of ether oxygens (including phenoxy) is 2. The highest BCUT2D eigenvalue weighted by Crippen LogP contribution is 2.22. The Morgan fingerprint density at radius 1 is 1.27 bits per heavy atom. The Hall–Kier alpha value is -2.03. The average Bonchev–Trinajstić information content (AvgIpc) is 2.61. The molecule has 0 unspecified atom stereocenters. The van der Waals surface area contributed by atoms with E-state index in [0.29, 0.717) is 18.1 Å². The molecule has 0 aliphatic carbocycles. The monoisotopic (exact) mass is 380 g/mol. The third-order valence-corrected chi connectivity index (χ3v) is 4.83. The molecule has 2 heterocycles. The lowest BCUT2D eigenvalue weighted by Crippen LogP contribution is -2.49. The minimum absolute atomic E-state index is 0.251. The van der Waals surface area contributed by atoms with Crippen LogP contribution in [0.1, 0.15) is 12.8 Å². The third kappa shape index (κ3) is 5.23. The van der Waals surface area contributed by atoms with Crippen molar-refractivity contribution < 1.29 is 22.3 Å². The van der Waals surface area contributed by atoms with Crippen LogP contribution in [0, 0.1) is 5.82 Å². The van der Waals surface area contributed by atoms with E-state index in [2.05, 4.69) is 9.71 Å². The number of hydrogen-bond donors (Lipinski definition) is 1. The van der Waals surface area contributed by atoms with Gasteiger partial charge in [0.1, 0.15) is 24.3 Å². The molecule has 1 aliphatic rings. The van der Waals surface area contributed by atoms with Crippen LogP contribution >= 0.6 is 0 Å². The third-order valence-electron chi connectivity index (χ3n) is 4.10. The Labute approximate surface area is 152 Å². The van der Waals surface area contributed by atoms with Gasteiger partial charge < -0.3 is 9.47 Å². The lowest BCUT2D eigenvalue weighted by Gasteiger charge is -2.31. The first-order valence-corrected chi connectivity index (χ1v) is 10.2. The van der Waals surface area contributed by atoms with E-state index in [4.69, 9.17) is 9.47 Å². The van der Waals surface area contributed by atoms with Crippen molar-refractivity contribution in [2.45, 2.75) is 25.0 Å². The molecule has 0 bridgehead atoms. The molecular weight excluding hydrogens is 359 g/mol. The largest absolute Gasteiger partial charge is 0.491 e. The summed E-state index contributed by atoms with van der Waals surface area (Å²) in [6.07, 6.45) is 3.51. The molecule has 0 radical (unpaired) electrons. The van der Waals surface area contributed by atoms with Crippen molar-refractivity contribution in [1.82, 2.24) is 9.71 Å². The van der Waals surface area contributed by atoms with E-state index in [9.17, 15) is 12.8 Å². The molecule has 6 nitrogen and oxygen atoms in total. The van der Waals surface area contributed by atoms with Crippen molar-refractivity contribution in [2.75, 3.05) is 19.5 Å². The summed E-state index contributed by atoms with van der Waals surface area (Å²) < 4.78 is 49.9. The Morgan fingerprint density at radius 2 is 2.04 bits per heavy atom. The second kappa shape index (κ2) is 8.11. The van der Waals surface area contributed by atoms with E-state index in [0.717, 1.165) is 24.7 Å². The fourth-order valence-electron chi connectivity index (χ4n) is 2.86. The van der Waals surface area contributed by atoms with Gasteiger partial charge in [0.15, 0.2) is 0 Å². The first kappa shape index (κ1) is 18.8. The second-order valence-electron chi connectivity index (χ2n) is 6.25. The maximum Gasteiger partial charge on any atom is 0.209 e. The molecule has 3 rings (SSSR count). The van der Waals surface area contributed by atoms with Crippen LogP contribution in [0.4, 0.5) is 4.39 Å². The number of rotatable bonds is 6. The quantitative estimate of drug-likeness (QED) is 0.832. The maximum atomic E-state index is 12.9. The molecule has 26 heavy (non-hydrogen) atoms. The number of benzene rings is 1. The fourth-order valence-corrected chi connectivity index (χ4v) is 3.68. The maximum absolute atomic E-state index is 12.9. The van der Waals surface area contributed by atoms with Gasteiger partial charge in [-0.1, -0.05) is 0 Å². The van der Waals surface area contributed by atoms with Crippen LogP contribution in [-0.2, 0) is 14.8 Å². The Kier molecular flexibility index (Phi) is 5.85. The van der Waals surface area contributed by atoms with Gasteiger partial charge >= 0.3 is 0 Å². The molecule has 1 aliphatic heterocycles. The first-order valence-electron chi connectivity index (χ1n) is 8.34. The summed E-state index contributed by atoms with van der Waals surface area (Å²) >= 11 is 0. The molecule has 0 spiro atoms. The molecule has 1 saturated heterocycles. The Morgan fingerprint density at radius 3 is 2.69 bits per heavy atom. The minimum Gasteiger partial charge on any atom is -0.491 e. The van der Waals surface area contributed by atoms with Crippen LogP contribution in [0.3, 0.4) is 0 Å². The second-order valence-corrected chi connectivity index (χ2v) is 8.03. The molecule has 140 valence electrons. The molecule has 1 N–H and O–H groups in total. The number of aromatic nitrogens is 1. The van der Waals surface area contributed by atoms with Gasteiger partial charge in [-0.05, 0) is 49.2 Å². The van der Waals surface area contributed by atoms with E-state index in [1.54, 1.807) is 18.2 Å². The Balaban J connectivity index is 1.61. The van der Waals surface area contributed by atoms with Crippen LogP contribution in [0.2, 0.25) is 0 Å². The van der Waals surface area contributed by atoms with E-state index in [1.165, 1.54) is 12.3 Å². The molecule has 0 saturated carbocycles. The molecule has 2 aromatic rings. The molecule has 1 aromatic carbocycles. The summed E-state index contributed by atoms with van der Waals surface area (Å²) in [5, 5.41) is 0. The molecular formula is C18H21FN2O4S. The van der Waals surface area contributed by atoms with Crippen LogP contribution in [0.15, 0.2) is 42.6 Å². The van der Waals surface area contributed by atoms with Gasteiger partial charge in [-0.3, -0.25) is 4.98 Å². The van der Waals surface area contributed by atoms with Crippen molar-refractivity contribution in [1.29, 1.82) is 0 Å². The van der Waals surface area contributed by atoms with E-state index < -0.39 is 10.0 Å². The standard InChI is InChI=1S/C18H21FN2O4S/c1-26(22,23)21-17-3-2-10-24-18(17)12-25-15-7-4-13(5-8-15)16-9-6-14(19)11-20-16/h4-9,11,17-18,21H,2-3,10,12H2,1H3/t17-,18+/m0/s1. The zero-order chi connectivity index (χ0) is 18.6. The first-order chi connectivity index (χ1) is 12.4. The van der Waals surface area contributed by atoms with Crippen molar-refractivity contribution in [3.05, 3.63) is 48.4 Å². The van der Waals surface area contributed by atoms with Crippen LogP contribution in [0.25, 0.3) is 11.3 Å². The van der Waals surface area contributed by atoms with Crippen LogP contribution in [0.5, 0.6) is 5.75 Å². The van der Waals surface area contributed by atoms with E-state index >= 15 is 0 Å². The summed E-state index contributed by atoms with van der Waals surface area (Å²) in [4.78, 5) is 4.04. The fraction of sp³-hybridized carbons (Fsp3) is 0.389. The number of halogens is 1. The zero-order valence-electron chi connectivity index (χ0n) is 14.4. The van der Waals surface area contributed by atoms with E-state index in [1.807, 2.05) is 12.1 Å². The van der Waals surface area contributed by atoms with E-state index in [-0.39, 0.29) is 24.6 Å². The summed E-state index contributed by atoms with van der Waals surface area (Å²) in [6.45, 7) is 0.840. The highest BCUT2D eigenvalue weighted by molar-refractivity contribution is 7.88. The average molecular weight is 380 g/mol. The van der Waals surface area contributed by atoms with Crippen molar-refractivity contribution >= 4 is 10.0 Å². The number of hydrogen-bond acceptors (Lipinski definition) is 5. The zero-order valence-corrected chi connectivity index (χ0v) is 15.2. The predicted molar refractivity (Wildman–Crippen MR) is 95.9 cm³/mol. The smallest absolute Gasteiger partial charge is 0.209 e. The van der Waals surface area contributed by atoms with Gasteiger partial charge in [0.25, 0.3) is 0 Å². The molecule has 2 atom stereocenters. The van der Waals surface area contributed by atoms with Gasteiger partial charge in [-0.25, -0.2) is 17.5 Å². The molecule has 1 aromatic heterocycles. The minimum atomic E-state index is -3.30. The number of pyridine rings is 1. The lowest BCUT2D eigenvalue weighted by atomic mass is 10.0. The lowest BCUT2D eigenvalue weighted by molar-refractivity contribution is -0.0278. The number of nitrogens with one attached hydrogen (secondary N) is 1. The SMILES string of the molecule is CS(=O)(=O)N[C@H]1CCCO[C@@H]1COc1ccc(-c2ccc(F)cn2)cc1. The molecule has 8 heteroatoms. The summed E-state index contributed by atoms with van der Waals surface area (Å²) in [5.41, 5.74) is 1.52. The van der Waals surface area contributed by atoms with Gasteiger partial charge in [-0.2, -0.15) is 0 Å². The number of nitrogens with zero attached hydrogens (tertiary/aromatic N) is 1. The van der Waals surface area contributed by atoms with Crippen molar-refractivity contribution in [2.24, 2.45) is 0 Å². The summed E-state index contributed by atoms with van der Waals surface area (Å²) in [7, 11) is -3.30. The van der Waals surface area contributed by atoms with Gasteiger partial charge in [0.2, 0.25) is 10.0 Å². The Bertz CT molecular complexity index is 825. The highest BCUT2D eigenvalue weighted by Gasteiger charge is 2.28. The molecule has 1 fully saturated rings. The van der Waals surface area contributed by atoms with Gasteiger partial charge in [0, 0.05) is 12.2 Å². The molecule has 0 amide bonds. The predicted octanol–water partition coefficient (Wildman–Crippen LogP) is 2.36. The summed E-state index contributed by atoms with van der Waals surface area (Å²) in [5.74, 6) is 0.265. The summed E-state index contributed by atoms with van der Waals surface area (Å²) in [6, 6.07) is 9.95. The van der Waals surface area contributed by atoms with Gasteiger partial charge in [-0.15, -0.1) is 0 Å². The number of sulfonamides is 1. The highest BCUT2D eigenvalue weighted by atomic mass is 32.2. The van der Waals surface area contributed by atoms with Crippen LogP contribution in [-0.4, -0.2) is 45.0 Å². The van der Waals surface area contributed by atoms with Crippen LogP contribution < -0.4 is 9.46 Å². The van der Waals surface area contributed by atoms with Crippen molar-refractivity contribution in [3.63, 3.8) is 0 Å².